The molecule has 2 aliphatic heterocycles. The third kappa shape index (κ3) is 5.89. The number of aromatic nitrogens is 2. The molecule has 4 heterocycles. The number of aromatic amines is 2. The summed E-state index contributed by atoms with van der Waals surface area (Å²) in [6, 6.07) is 0. The summed E-state index contributed by atoms with van der Waals surface area (Å²) in [5.74, 6) is -3.60. The van der Waals surface area contributed by atoms with Crippen LogP contribution in [0.25, 0.3) is 18.2 Å². The lowest BCUT2D eigenvalue weighted by atomic mass is 9.99. The molecule has 0 bridgehead atoms. The summed E-state index contributed by atoms with van der Waals surface area (Å²) in [5.41, 5.74) is 6.63. The number of amides is 2. The maximum Gasteiger partial charge on any atom is 0.255 e. The van der Waals surface area contributed by atoms with Gasteiger partial charge in [-0.15, -0.1) is 0 Å². The van der Waals surface area contributed by atoms with Gasteiger partial charge in [-0.05, 0) is 93.4 Å². The quantitative estimate of drug-likeness (QED) is 0.269. The van der Waals surface area contributed by atoms with E-state index in [1.54, 1.807) is 45.9 Å². The van der Waals surface area contributed by atoms with Gasteiger partial charge in [0.05, 0.1) is 11.4 Å². The minimum atomic E-state index is -1.27. The summed E-state index contributed by atoms with van der Waals surface area (Å²) in [7, 11) is 0. The highest BCUT2D eigenvalue weighted by Gasteiger charge is 2.28. The summed E-state index contributed by atoms with van der Waals surface area (Å²) < 4.78 is 0. The zero-order chi connectivity index (χ0) is 32.5. The van der Waals surface area contributed by atoms with E-state index in [1.807, 2.05) is 0 Å². The Morgan fingerprint density at radius 1 is 0.727 bits per heavy atom. The standard InChI is InChI=1S/C33H34N4O7/c1-7-19-16(4)29(34-24(19)13-23-15(3)20(8-2)33(44)36-23)31(42)30-17(5)21(9-11-27(38)39)25(35-30)14-26-22(10-12-28(40)41)18(6)32(43)37-26/h7-8,13-14,34-35H,1-2,9-12H2,3-6H3,(H,36,44)(H,37,43)(H,38,39)(H,40,41)/p-2/b23-13+,26-14+. The Balaban J connectivity index is 1.80. The van der Waals surface area contributed by atoms with Crippen molar-refractivity contribution in [3.05, 3.63) is 97.9 Å². The number of rotatable bonds is 12. The maximum absolute atomic E-state index is 14.0. The van der Waals surface area contributed by atoms with Crippen LogP contribution >= 0.6 is 0 Å². The minimum absolute atomic E-state index is 0.0397. The number of H-pyrrole nitrogens is 2. The van der Waals surface area contributed by atoms with Crippen LogP contribution in [0.2, 0.25) is 0 Å². The van der Waals surface area contributed by atoms with E-state index in [2.05, 4.69) is 33.8 Å². The van der Waals surface area contributed by atoms with Gasteiger partial charge in [0.25, 0.3) is 11.8 Å². The van der Waals surface area contributed by atoms with Crippen molar-refractivity contribution in [2.24, 2.45) is 0 Å². The molecule has 0 aromatic carbocycles. The fourth-order valence-corrected chi connectivity index (χ4v) is 5.50. The molecule has 0 spiro atoms. The number of allylic oxidation sites excluding steroid dienone is 2. The van der Waals surface area contributed by atoms with Gasteiger partial charge in [0.15, 0.2) is 0 Å². The first-order valence-corrected chi connectivity index (χ1v) is 13.9. The first-order chi connectivity index (χ1) is 20.8. The Morgan fingerprint density at radius 2 is 1.30 bits per heavy atom. The number of ketones is 1. The van der Waals surface area contributed by atoms with Crippen molar-refractivity contribution in [3.63, 3.8) is 0 Å². The van der Waals surface area contributed by atoms with E-state index < -0.39 is 17.7 Å². The van der Waals surface area contributed by atoms with Crippen molar-refractivity contribution in [1.29, 1.82) is 0 Å². The summed E-state index contributed by atoms with van der Waals surface area (Å²) in [4.78, 5) is 67.4. The second kappa shape index (κ2) is 12.4. The van der Waals surface area contributed by atoms with Crippen molar-refractivity contribution in [3.8, 4) is 0 Å². The van der Waals surface area contributed by atoms with Gasteiger partial charge in [-0.1, -0.05) is 25.3 Å². The van der Waals surface area contributed by atoms with Crippen LogP contribution in [-0.2, 0) is 25.6 Å². The molecule has 2 aromatic heterocycles. The van der Waals surface area contributed by atoms with E-state index in [4.69, 9.17) is 0 Å². The normalized spacial score (nSPS) is 16.6. The number of aliphatic carboxylic acids is 2. The SMILES string of the molecule is C=CC1=C(C)/C(=C\c2[nH]c(C(=O)c3[nH]c(/C=C4/NC(=O)C(C)=C4CCC(=O)[O-])c(CCC(=O)[O-])c3C)c(C)c2C=C)NC1=O. The van der Waals surface area contributed by atoms with Crippen molar-refractivity contribution in [2.45, 2.75) is 53.4 Å². The van der Waals surface area contributed by atoms with Crippen LogP contribution in [-0.4, -0.2) is 39.5 Å². The van der Waals surface area contributed by atoms with Gasteiger partial charge in [0, 0.05) is 51.4 Å². The number of hydrogen-bond acceptors (Lipinski definition) is 7. The van der Waals surface area contributed by atoms with Gasteiger partial charge in [0.2, 0.25) is 5.78 Å². The number of carboxylic acids is 2. The fourth-order valence-electron chi connectivity index (χ4n) is 5.50. The average molecular weight is 597 g/mol. The predicted molar refractivity (Wildman–Crippen MR) is 160 cm³/mol. The summed E-state index contributed by atoms with van der Waals surface area (Å²) in [6.45, 7) is 14.4. The van der Waals surface area contributed by atoms with Crippen LogP contribution in [0.4, 0.5) is 0 Å². The topological polar surface area (TPSA) is 187 Å². The second-order valence-electron chi connectivity index (χ2n) is 10.6. The fraction of sp³-hybridized carbons (Fsp3) is 0.242. The van der Waals surface area contributed by atoms with Crippen molar-refractivity contribution in [1.82, 2.24) is 20.6 Å². The van der Waals surface area contributed by atoms with E-state index in [9.17, 15) is 34.2 Å². The highest BCUT2D eigenvalue weighted by molar-refractivity contribution is 6.10. The van der Waals surface area contributed by atoms with E-state index in [0.717, 1.165) is 0 Å². The molecule has 0 unspecified atom stereocenters. The Kier molecular flexibility index (Phi) is 8.89. The average Bonchev–Trinajstić information content (AvgIpc) is 3.62. The molecule has 44 heavy (non-hydrogen) atoms. The van der Waals surface area contributed by atoms with Crippen LogP contribution in [0.5, 0.6) is 0 Å². The number of carboxylic acid groups (broad SMARTS) is 2. The molecular formula is C33H32N4O7-2. The van der Waals surface area contributed by atoms with E-state index in [0.29, 0.717) is 67.3 Å². The molecule has 228 valence electrons. The molecule has 11 nitrogen and oxygen atoms in total. The molecule has 2 aromatic rings. The lowest BCUT2D eigenvalue weighted by molar-refractivity contribution is -0.307. The molecule has 0 aliphatic carbocycles. The summed E-state index contributed by atoms with van der Waals surface area (Å²) in [6.07, 6.45) is 5.86. The summed E-state index contributed by atoms with van der Waals surface area (Å²) >= 11 is 0. The highest BCUT2D eigenvalue weighted by Crippen LogP contribution is 2.32. The molecule has 2 aliphatic rings. The number of carbonyl (C=O) groups is 5. The number of hydrogen-bond donors (Lipinski definition) is 4. The van der Waals surface area contributed by atoms with Crippen LogP contribution in [0, 0.1) is 13.8 Å². The van der Waals surface area contributed by atoms with Gasteiger partial charge in [-0.25, -0.2) is 0 Å². The lowest BCUT2D eigenvalue weighted by Crippen LogP contribution is -2.22. The lowest BCUT2D eigenvalue weighted by Gasteiger charge is -2.08. The van der Waals surface area contributed by atoms with Crippen LogP contribution in [0.15, 0.2) is 52.9 Å². The van der Waals surface area contributed by atoms with Gasteiger partial charge in [-0.2, -0.15) is 0 Å². The molecule has 0 saturated carbocycles. The zero-order valence-electron chi connectivity index (χ0n) is 24.9. The van der Waals surface area contributed by atoms with Crippen molar-refractivity contribution >= 4 is 47.8 Å². The molecule has 4 rings (SSSR count). The first-order valence-electron chi connectivity index (χ1n) is 13.9. The van der Waals surface area contributed by atoms with Gasteiger partial charge >= 0.3 is 0 Å². The largest absolute Gasteiger partial charge is 0.550 e. The first kappa shape index (κ1) is 31.5. The van der Waals surface area contributed by atoms with Crippen LogP contribution in [0.3, 0.4) is 0 Å². The zero-order valence-corrected chi connectivity index (χ0v) is 24.9. The second-order valence-corrected chi connectivity index (χ2v) is 10.6. The molecule has 0 saturated heterocycles. The molecule has 0 radical (unpaired) electrons. The Hall–Kier alpha value is -5.45. The number of nitrogens with one attached hydrogen (secondary N) is 4. The minimum Gasteiger partial charge on any atom is -0.550 e. The Labute approximate surface area is 253 Å². The monoisotopic (exact) mass is 596 g/mol. The Morgan fingerprint density at radius 3 is 1.89 bits per heavy atom. The summed E-state index contributed by atoms with van der Waals surface area (Å²) in [5, 5.41) is 28.0. The van der Waals surface area contributed by atoms with Crippen molar-refractivity contribution in [2.75, 3.05) is 0 Å². The van der Waals surface area contributed by atoms with Gasteiger partial charge in [0.1, 0.15) is 0 Å². The molecule has 4 N–H and O–H groups in total. The smallest absolute Gasteiger partial charge is 0.255 e. The van der Waals surface area contributed by atoms with Crippen molar-refractivity contribution < 1.29 is 34.2 Å². The predicted octanol–water partition coefficient (Wildman–Crippen LogP) is 1.81. The third-order valence-electron chi connectivity index (χ3n) is 8.01. The van der Waals surface area contributed by atoms with E-state index in [1.165, 1.54) is 6.08 Å². The van der Waals surface area contributed by atoms with Gasteiger partial charge < -0.3 is 40.4 Å². The Bertz CT molecular complexity index is 1790. The third-order valence-corrected chi connectivity index (χ3v) is 8.01. The van der Waals surface area contributed by atoms with E-state index >= 15 is 0 Å². The number of carbonyl (C=O) groups excluding carboxylic acids is 5. The molecular weight excluding hydrogens is 564 g/mol. The van der Waals surface area contributed by atoms with Crippen LogP contribution in [0.1, 0.15) is 82.9 Å². The maximum atomic E-state index is 14.0. The molecule has 2 amide bonds. The highest BCUT2D eigenvalue weighted by atomic mass is 16.4. The molecule has 11 heteroatoms. The van der Waals surface area contributed by atoms with Crippen LogP contribution < -0.4 is 20.8 Å². The van der Waals surface area contributed by atoms with E-state index in [-0.39, 0.29) is 48.9 Å². The molecule has 0 fully saturated rings. The molecule has 0 atom stereocenters. The van der Waals surface area contributed by atoms with Gasteiger partial charge in [-0.3, -0.25) is 14.4 Å².